The highest BCUT2D eigenvalue weighted by Gasteiger charge is 2.24. The predicted octanol–water partition coefficient (Wildman–Crippen LogP) is 17.3. The molecule has 0 radical (unpaired) electrons. The highest BCUT2D eigenvalue weighted by molar-refractivity contribution is 6.27. The number of nitrogens with zero attached hydrogens (tertiary/aromatic N) is 1. The molecule has 1 nitrogen and oxygen atoms in total. The maximum Gasteiger partial charge on any atom is 0.0346 e. The van der Waals surface area contributed by atoms with Gasteiger partial charge in [-0.25, -0.2) is 0 Å². The smallest absolute Gasteiger partial charge is 0.0346 e. The molecule has 0 saturated carbocycles. The van der Waals surface area contributed by atoms with Crippen LogP contribution in [0.5, 0.6) is 0 Å². The third kappa shape index (κ3) is 6.46. The van der Waals surface area contributed by atoms with Crippen molar-refractivity contribution in [1.29, 1.82) is 0 Å². The highest BCUT2D eigenvalue weighted by Crippen LogP contribution is 2.51. The predicted molar refractivity (Wildman–Crippen MR) is 271 cm³/mol. The minimum Gasteiger partial charge on any atom is -0.264 e. The number of hydrogen-bond donors (Lipinski definition) is 0. The van der Waals surface area contributed by atoms with Crippen molar-refractivity contribution in [3.63, 3.8) is 0 Å². The molecule has 0 spiro atoms. The quantitative estimate of drug-likeness (QED) is 0.139. The molecule has 0 atom stereocenters. The van der Waals surface area contributed by atoms with Gasteiger partial charge in [0.1, 0.15) is 0 Å². The van der Waals surface area contributed by atoms with Crippen LogP contribution in [0.25, 0.3) is 121 Å². The highest BCUT2D eigenvalue weighted by atomic mass is 14.6. The lowest BCUT2D eigenvalue weighted by Crippen LogP contribution is -1.98. The van der Waals surface area contributed by atoms with Gasteiger partial charge in [0.25, 0.3) is 0 Å². The van der Waals surface area contributed by atoms with E-state index < -0.39 is 0 Å². The fourth-order valence-electron chi connectivity index (χ4n) is 10.0. The van der Waals surface area contributed by atoms with E-state index in [1.54, 1.807) is 0 Å². The first-order valence-corrected chi connectivity index (χ1v) is 22.0. The second kappa shape index (κ2) is 15.8. The van der Waals surface area contributed by atoms with Crippen molar-refractivity contribution >= 4 is 32.3 Å². The molecule has 298 valence electrons. The summed E-state index contributed by atoms with van der Waals surface area (Å²) in [6.45, 7) is 0. The largest absolute Gasteiger partial charge is 0.264 e. The maximum atomic E-state index is 4.39. The Morgan fingerprint density at radius 3 is 1.12 bits per heavy atom. The van der Waals surface area contributed by atoms with Crippen molar-refractivity contribution in [3.8, 4) is 89.0 Å². The average Bonchev–Trinajstić information content (AvgIpc) is 3.38. The number of hydrogen-bond acceptors (Lipinski definition) is 1. The van der Waals surface area contributed by atoms with Crippen LogP contribution in [-0.4, -0.2) is 4.98 Å². The van der Waals surface area contributed by atoms with Crippen molar-refractivity contribution in [2.75, 3.05) is 0 Å². The first-order valence-electron chi connectivity index (χ1n) is 22.0. The second-order valence-corrected chi connectivity index (χ2v) is 16.6. The van der Waals surface area contributed by atoms with Crippen LogP contribution in [0.2, 0.25) is 0 Å². The van der Waals surface area contributed by atoms with E-state index in [1.165, 1.54) is 110 Å². The average molecular weight is 812 g/mol. The molecule has 0 bridgehead atoms. The maximum absolute atomic E-state index is 4.39. The lowest BCUT2D eigenvalue weighted by atomic mass is 9.78. The zero-order valence-corrected chi connectivity index (χ0v) is 35.1. The van der Waals surface area contributed by atoms with Crippen molar-refractivity contribution in [3.05, 3.63) is 249 Å². The molecule has 1 heteroatoms. The summed E-state index contributed by atoms with van der Waals surface area (Å²) >= 11 is 0. The second-order valence-electron chi connectivity index (χ2n) is 16.6. The fraction of sp³-hybridized carbons (Fsp3) is 0. The Bertz CT molecular complexity index is 3620. The van der Waals surface area contributed by atoms with Crippen molar-refractivity contribution in [2.24, 2.45) is 0 Å². The Kier molecular flexibility index (Phi) is 9.24. The van der Waals surface area contributed by atoms with Gasteiger partial charge in [-0.3, -0.25) is 4.98 Å². The number of benzene rings is 11. The molecule has 0 amide bonds. The SMILES string of the molecule is c1ccc(-c2cc(-c3cccc(-c4ccc5ccc6c(-c7cccc(-c8cccnc8)c7)ccc7ccc4c5c76)c3)c(-c3ccccc3)c(-c3ccccc3)c2-c2ccccc2)cc1. The summed E-state index contributed by atoms with van der Waals surface area (Å²) in [7, 11) is 0. The molecule has 0 aliphatic heterocycles. The molecule has 1 heterocycles. The van der Waals surface area contributed by atoms with Crippen LogP contribution >= 0.6 is 0 Å². The first-order chi connectivity index (χ1) is 31.8. The molecule has 12 aromatic rings. The van der Waals surface area contributed by atoms with E-state index in [0.29, 0.717) is 0 Å². The molecular weight excluding hydrogens is 771 g/mol. The van der Waals surface area contributed by atoms with Crippen LogP contribution in [0.1, 0.15) is 0 Å². The fourth-order valence-corrected chi connectivity index (χ4v) is 10.0. The van der Waals surface area contributed by atoms with Crippen LogP contribution < -0.4 is 0 Å². The first kappa shape index (κ1) is 37.4. The number of aromatic nitrogens is 1. The van der Waals surface area contributed by atoms with E-state index in [9.17, 15) is 0 Å². The van der Waals surface area contributed by atoms with Crippen molar-refractivity contribution in [2.45, 2.75) is 0 Å². The van der Waals surface area contributed by atoms with Gasteiger partial charge in [-0.05, 0) is 140 Å². The zero-order valence-electron chi connectivity index (χ0n) is 35.1. The monoisotopic (exact) mass is 811 g/mol. The molecule has 0 fully saturated rings. The van der Waals surface area contributed by atoms with Gasteiger partial charge >= 0.3 is 0 Å². The van der Waals surface area contributed by atoms with Gasteiger partial charge < -0.3 is 0 Å². The van der Waals surface area contributed by atoms with Crippen LogP contribution in [0, 0.1) is 0 Å². The van der Waals surface area contributed by atoms with Crippen molar-refractivity contribution < 1.29 is 0 Å². The Hall–Kier alpha value is -8.39. The third-order valence-electron chi connectivity index (χ3n) is 12.9. The Morgan fingerprint density at radius 2 is 0.625 bits per heavy atom. The van der Waals surface area contributed by atoms with Gasteiger partial charge in [-0.2, -0.15) is 0 Å². The Balaban J connectivity index is 1.09. The van der Waals surface area contributed by atoms with Crippen LogP contribution in [0.15, 0.2) is 249 Å². The van der Waals surface area contributed by atoms with Gasteiger partial charge in [0.15, 0.2) is 0 Å². The van der Waals surface area contributed by atoms with E-state index in [4.69, 9.17) is 0 Å². The van der Waals surface area contributed by atoms with E-state index in [1.807, 2.05) is 18.5 Å². The minimum absolute atomic E-state index is 1.12. The molecule has 11 aromatic carbocycles. The summed E-state index contributed by atoms with van der Waals surface area (Å²) in [4.78, 5) is 4.39. The van der Waals surface area contributed by atoms with Crippen molar-refractivity contribution in [1.82, 2.24) is 4.98 Å². The molecule has 0 N–H and O–H groups in total. The van der Waals surface area contributed by atoms with Gasteiger partial charge in [0.05, 0.1) is 0 Å². The van der Waals surface area contributed by atoms with Gasteiger partial charge in [0, 0.05) is 18.0 Å². The van der Waals surface area contributed by atoms with Crippen LogP contribution in [0.4, 0.5) is 0 Å². The molecular formula is C63H41N. The van der Waals surface area contributed by atoms with E-state index in [0.717, 1.165) is 11.1 Å². The summed E-state index contributed by atoms with van der Waals surface area (Å²) in [5.74, 6) is 0. The lowest BCUT2D eigenvalue weighted by molar-refractivity contribution is 1.33. The Labute approximate surface area is 373 Å². The molecule has 12 rings (SSSR count). The van der Waals surface area contributed by atoms with Crippen LogP contribution in [0.3, 0.4) is 0 Å². The number of pyridine rings is 1. The molecule has 0 aliphatic rings. The summed E-state index contributed by atoms with van der Waals surface area (Å²) in [6.07, 6.45) is 3.76. The standard InChI is InChI=1S/C63H41N/c1-5-16-42(17-6-1)57-40-58(62(44-20-9-3-10-21-44)63(45-22-11-4-12-23-45)61(57)43-18-7-2-8-19-43)51-27-14-26-50(39-51)54-34-30-47-31-35-55-53(33-29-46-32-36-56(54)60(47)59(46)55)49-25-13-24-48(38-49)52-28-15-37-64-41-52/h1-41H. The number of rotatable bonds is 8. The minimum atomic E-state index is 1.12. The van der Waals surface area contributed by atoms with Gasteiger partial charge in [-0.1, -0.05) is 212 Å². The van der Waals surface area contributed by atoms with E-state index >= 15 is 0 Å². The van der Waals surface area contributed by atoms with E-state index in [2.05, 4.69) is 236 Å². The molecule has 1 aromatic heterocycles. The van der Waals surface area contributed by atoms with Crippen LogP contribution in [-0.2, 0) is 0 Å². The molecule has 0 unspecified atom stereocenters. The van der Waals surface area contributed by atoms with Gasteiger partial charge in [0.2, 0.25) is 0 Å². The van der Waals surface area contributed by atoms with Gasteiger partial charge in [-0.15, -0.1) is 0 Å². The normalized spacial score (nSPS) is 11.4. The third-order valence-corrected chi connectivity index (χ3v) is 12.9. The summed E-state index contributed by atoms with van der Waals surface area (Å²) < 4.78 is 0. The lowest BCUT2D eigenvalue weighted by Gasteiger charge is -2.24. The summed E-state index contributed by atoms with van der Waals surface area (Å²) in [5, 5.41) is 7.62. The summed E-state index contributed by atoms with van der Waals surface area (Å²) in [5.41, 5.74) is 19.1. The van der Waals surface area contributed by atoms with E-state index in [-0.39, 0.29) is 0 Å². The zero-order chi connectivity index (χ0) is 42.4. The molecule has 0 saturated heterocycles. The molecule has 0 aliphatic carbocycles. The Morgan fingerprint density at radius 1 is 0.234 bits per heavy atom. The molecule has 64 heavy (non-hydrogen) atoms. The summed E-state index contributed by atoms with van der Waals surface area (Å²) in [6, 6.07) is 86.8. The topological polar surface area (TPSA) is 12.9 Å².